The summed E-state index contributed by atoms with van der Waals surface area (Å²) >= 11 is 0. The first-order valence-electron chi connectivity index (χ1n) is 8.65. The number of ether oxygens (including phenoxy) is 3. The molecule has 0 unspecified atom stereocenters. The molecular formula is C18H24N4O5. The van der Waals surface area contributed by atoms with Crippen molar-refractivity contribution in [3.05, 3.63) is 35.7 Å². The smallest absolute Gasteiger partial charge is 0.272 e. The molecule has 1 aromatic carbocycles. The van der Waals surface area contributed by atoms with Gasteiger partial charge in [-0.05, 0) is 32.9 Å². The number of nitrogens with zero attached hydrogens (tertiary/aromatic N) is 2. The largest absolute Gasteiger partial charge is 0.490 e. The highest BCUT2D eigenvalue weighted by Crippen LogP contribution is 2.39. The Labute approximate surface area is 157 Å². The van der Waals surface area contributed by atoms with E-state index >= 15 is 0 Å². The average Bonchev–Trinajstić information content (AvgIpc) is 3.08. The first kappa shape index (κ1) is 20.1. The summed E-state index contributed by atoms with van der Waals surface area (Å²) in [6, 6.07) is 3.09. The number of aryl methyl sites for hydroxylation is 1. The van der Waals surface area contributed by atoms with Crippen LogP contribution in [0.1, 0.15) is 41.5 Å². The number of hydrogen-bond donors (Lipinski definition) is 2. The number of rotatable bonds is 8. The number of benzene rings is 1. The van der Waals surface area contributed by atoms with Crippen LogP contribution in [0.5, 0.6) is 17.2 Å². The van der Waals surface area contributed by atoms with E-state index in [1.54, 1.807) is 25.4 Å². The summed E-state index contributed by atoms with van der Waals surface area (Å²) < 4.78 is 18.3. The Morgan fingerprint density at radius 2 is 1.44 bits per heavy atom. The third-order valence-electron chi connectivity index (χ3n) is 3.43. The second-order valence-electron chi connectivity index (χ2n) is 5.41. The second-order valence-corrected chi connectivity index (χ2v) is 5.41. The predicted molar refractivity (Wildman–Crippen MR) is 98.1 cm³/mol. The quantitative estimate of drug-likeness (QED) is 0.680. The summed E-state index contributed by atoms with van der Waals surface area (Å²) in [5, 5.41) is 3.91. The van der Waals surface area contributed by atoms with Crippen LogP contribution in [-0.2, 0) is 7.05 Å². The minimum atomic E-state index is -0.516. The molecule has 0 aliphatic heterocycles. The van der Waals surface area contributed by atoms with E-state index in [0.717, 1.165) is 0 Å². The maximum Gasteiger partial charge on any atom is 0.272 e. The number of aromatic nitrogens is 2. The van der Waals surface area contributed by atoms with Crippen LogP contribution in [0.25, 0.3) is 0 Å². The predicted octanol–water partition coefficient (Wildman–Crippen LogP) is 1.69. The zero-order valence-corrected chi connectivity index (χ0v) is 15.9. The van der Waals surface area contributed by atoms with Gasteiger partial charge in [0.2, 0.25) is 5.75 Å². The van der Waals surface area contributed by atoms with E-state index in [2.05, 4.69) is 16.0 Å². The van der Waals surface area contributed by atoms with Crippen LogP contribution < -0.4 is 25.1 Å². The highest BCUT2D eigenvalue weighted by molar-refractivity contribution is 5.99. The molecule has 0 bridgehead atoms. The number of nitrogens with one attached hydrogen (secondary N) is 2. The number of amides is 2. The number of carbonyl (C=O) groups is 2. The van der Waals surface area contributed by atoms with Crippen LogP contribution in [-0.4, -0.2) is 41.4 Å². The molecular weight excluding hydrogens is 352 g/mol. The molecule has 0 radical (unpaired) electrons. The minimum Gasteiger partial charge on any atom is -0.490 e. The highest BCUT2D eigenvalue weighted by Gasteiger charge is 2.19. The fourth-order valence-corrected chi connectivity index (χ4v) is 2.32. The number of carbonyl (C=O) groups excluding carboxylic acids is 2. The molecule has 0 fully saturated rings. The summed E-state index contributed by atoms with van der Waals surface area (Å²) in [5.41, 5.74) is 5.31. The zero-order chi connectivity index (χ0) is 19.8. The topological polar surface area (TPSA) is 104 Å². The van der Waals surface area contributed by atoms with Gasteiger partial charge in [0.1, 0.15) is 0 Å². The highest BCUT2D eigenvalue weighted by atomic mass is 16.5. The fourth-order valence-electron chi connectivity index (χ4n) is 2.32. The summed E-state index contributed by atoms with van der Waals surface area (Å²) in [4.78, 5) is 24.5. The number of hydrogen-bond acceptors (Lipinski definition) is 6. The summed E-state index contributed by atoms with van der Waals surface area (Å²) in [5.74, 6) is 0.245. The van der Waals surface area contributed by atoms with Crippen LogP contribution in [0, 0.1) is 0 Å². The van der Waals surface area contributed by atoms with Gasteiger partial charge in [0.15, 0.2) is 11.5 Å². The average molecular weight is 376 g/mol. The van der Waals surface area contributed by atoms with Gasteiger partial charge < -0.3 is 14.2 Å². The van der Waals surface area contributed by atoms with Gasteiger partial charge in [0.25, 0.3) is 11.8 Å². The molecule has 1 aromatic heterocycles. The van der Waals surface area contributed by atoms with E-state index in [9.17, 15) is 9.59 Å². The molecule has 0 aliphatic rings. The van der Waals surface area contributed by atoms with Gasteiger partial charge >= 0.3 is 0 Å². The monoisotopic (exact) mass is 376 g/mol. The summed E-state index contributed by atoms with van der Waals surface area (Å²) in [6.45, 7) is 6.73. The van der Waals surface area contributed by atoms with E-state index < -0.39 is 11.8 Å². The Balaban J connectivity index is 2.19. The summed E-state index contributed by atoms with van der Waals surface area (Å²) in [7, 11) is 1.69. The Kier molecular flexibility index (Phi) is 7.04. The molecule has 2 N–H and O–H groups in total. The fraction of sp³-hybridized carbons (Fsp3) is 0.389. The van der Waals surface area contributed by atoms with Crippen molar-refractivity contribution in [2.24, 2.45) is 7.05 Å². The van der Waals surface area contributed by atoms with Gasteiger partial charge in [0.05, 0.1) is 31.6 Å². The molecule has 1 heterocycles. The number of hydrazine groups is 1. The normalized spacial score (nSPS) is 10.2. The summed E-state index contributed by atoms with van der Waals surface area (Å²) in [6.07, 6.45) is 2.94. The molecule has 0 spiro atoms. The minimum absolute atomic E-state index is 0.261. The van der Waals surface area contributed by atoms with Gasteiger partial charge in [-0.2, -0.15) is 5.10 Å². The Morgan fingerprint density at radius 3 is 1.89 bits per heavy atom. The van der Waals surface area contributed by atoms with Gasteiger partial charge in [-0.3, -0.25) is 25.1 Å². The van der Waals surface area contributed by atoms with E-state index in [-0.39, 0.29) is 5.56 Å². The third kappa shape index (κ3) is 5.13. The molecule has 2 rings (SSSR count). The van der Waals surface area contributed by atoms with Crippen molar-refractivity contribution in [1.82, 2.24) is 20.6 Å². The van der Waals surface area contributed by atoms with Gasteiger partial charge in [-0.15, -0.1) is 0 Å². The molecule has 0 aliphatic carbocycles. The zero-order valence-electron chi connectivity index (χ0n) is 15.9. The lowest BCUT2D eigenvalue weighted by atomic mass is 10.1. The molecule has 0 saturated carbocycles. The van der Waals surface area contributed by atoms with Crippen LogP contribution in [0.2, 0.25) is 0 Å². The van der Waals surface area contributed by atoms with Crippen molar-refractivity contribution >= 4 is 11.8 Å². The van der Waals surface area contributed by atoms with Gasteiger partial charge in [0, 0.05) is 18.8 Å². The lowest BCUT2D eigenvalue weighted by Crippen LogP contribution is -2.41. The van der Waals surface area contributed by atoms with E-state index in [4.69, 9.17) is 14.2 Å². The van der Waals surface area contributed by atoms with Crippen molar-refractivity contribution in [1.29, 1.82) is 0 Å². The van der Waals surface area contributed by atoms with Crippen molar-refractivity contribution in [2.45, 2.75) is 20.8 Å². The van der Waals surface area contributed by atoms with Gasteiger partial charge in [-0.1, -0.05) is 0 Å². The van der Waals surface area contributed by atoms with E-state index in [1.807, 2.05) is 20.8 Å². The standard InChI is InChI=1S/C18H24N4O5/c1-5-25-14-8-12(9-15(26-6-2)16(14)27-7-3)17(23)20-21-18(24)13-10-19-22(4)11-13/h8-11H,5-7H2,1-4H3,(H,20,23)(H,21,24). The van der Waals surface area contributed by atoms with Crippen molar-refractivity contribution in [3.8, 4) is 17.2 Å². The van der Waals surface area contributed by atoms with Crippen molar-refractivity contribution < 1.29 is 23.8 Å². The lowest BCUT2D eigenvalue weighted by molar-refractivity contribution is 0.0846. The first-order valence-corrected chi connectivity index (χ1v) is 8.65. The molecule has 9 nitrogen and oxygen atoms in total. The molecule has 0 saturated heterocycles. The van der Waals surface area contributed by atoms with E-state index in [0.29, 0.717) is 42.6 Å². The van der Waals surface area contributed by atoms with Gasteiger partial charge in [-0.25, -0.2) is 0 Å². The molecule has 146 valence electrons. The lowest BCUT2D eigenvalue weighted by Gasteiger charge is -2.17. The maximum atomic E-state index is 12.5. The second kappa shape index (κ2) is 9.46. The molecule has 27 heavy (non-hydrogen) atoms. The molecule has 2 amide bonds. The van der Waals surface area contributed by atoms with Crippen LogP contribution >= 0.6 is 0 Å². The van der Waals surface area contributed by atoms with Crippen LogP contribution in [0.4, 0.5) is 0 Å². The third-order valence-corrected chi connectivity index (χ3v) is 3.43. The van der Waals surface area contributed by atoms with Crippen molar-refractivity contribution in [3.63, 3.8) is 0 Å². The maximum absolute atomic E-state index is 12.5. The Bertz CT molecular complexity index is 776. The Morgan fingerprint density at radius 1 is 0.926 bits per heavy atom. The van der Waals surface area contributed by atoms with E-state index in [1.165, 1.54) is 10.9 Å². The molecule has 9 heteroatoms. The molecule has 0 atom stereocenters. The van der Waals surface area contributed by atoms with Crippen molar-refractivity contribution in [2.75, 3.05) is 19.8 Å². The first-order chi connectivity index (χ1) is 13.0. The van der Waals surface area contributed by atoms with Crippen LogP contribution in [0.15, 0.2) is 24.5 Å². The SMILES string of the molecule is CCOc1cc(C(=O)NNC(=O)c2cnn(C)c2)cc(OCC)c1OCC. The Hall–Kier alpha value is -3.23. The molecule has 2 aromatic rings. The van der Waals surface area contributed by atoms with Crippen LogP contribution in [0.3, 0.4) is 0 Å².